The molecule has 0 saturated carbocycles. The average Bonchev–Trinajstić information content (AvgIpc) is 3.78. The second kappa shape index (κ2) is 13.7. The van der Waals surface area contributed by atoms with Crippen molar-refractivity contribution in [3.05, 3.63) is 253 Å². The normalized spacial score (nSPS) is 13.3. The first-order valence-corrected chi connectivity index (χ1v) is 21.0. The maximum atomic E-state index is 2.54. The minimum Gasteiger partial charge on any atom is -0.309 e. The number of para-hydroxylation sites is 2. The van der Waals surface area contributed by atoms with E-state index in [2.05, 4.69) is 235 Å². The predicted octanol–water partition coefficient (Wildman–Crippen LogP) is 12.6. The molecule has 1 unspecified atom stereocenters. The van der Waals surface area contributed by atoms with Crippen molar-refractivity contribution < 1.29 is 0 Å². The zero-order valence-electron chi connectivity index (χ0n) is 31.3. The summed E-state index contributed by atoms with van der Waals surface area (Å²) in [7, 11) is -0.867. The van der Waals surface area contributed by atoms with Gasteiger partial charge in [-0.3, -0.25) is 0 Å². The molecule has 2 heteroatoms. The molecular weight excluding hydrogens is 706 g/mol. The molecule has 1 aliphatic carbocycles. The van der Waals surface area contributed by atoms with Gasteiger partial charge in [0.05, 0.1) is 16.4 Å². The molecule has 0 aliphatic heterocycles. The van der Waals surface area contributed by atoms with E-state index < -0.39 is 13.3 Å². The molecule has 0 N–H and O–H groups in total. The van der Waals surface area contributed by atoms with Crippen LogP contribution in [-0.4, -0.2) is 4.57 Å². The Kier molecular flexibility index (Phi) is 8.09. The Balaban J connectivity index is 1.05. The molecule has 1 atom stereocenters. The molecule has 1 nitrogen and oxygen atoms in total. The molecular formula is C55H38NP. The highest BCUT2D eigenvalue weighted by Gasteiger charge is 2.46. The van der Waals surface area contributed by atoms with E-state index in [1.807, 2.05) is 0 Å². The average molecular weight is 744 g/mol. The molecule has 0 fully saturated rings. The van der Waals surface area contributed by atoms with Crippen LogP contribution in [0.15, 0.2) is 231 Å². The first-order chi connectivity index (χ1) is 28.3. The number of benzene rings is 9. The van der Waals surface area contributed by atoms with E-state index in [1.54, 1.807) is 0 Å². The lowest BCUT2D eigenvalue weighted by Crippen LogP contribution is -2.30. The third-order valence-corrected chi connectivity index (χ3v) is 14.3. The molecule has 1 aromatic heterocycles. The smallest absolute Gasteiger partial charge is 0.0713 e. The van der Waals surface area contributed by atoms with E-state index in [-0.39, 0.29) is 0 Å². The van der Waals surface area contributed by atoms with E-state index in [4.69, 9.17) is 0 Å². The first-order valence-electron chi connectivity index (χ1n) is 19.7. The van der Waals surface area contributed by atoms with Crippen molar-refractivity contribution in [3.8, 4) is 27.9 Å². The summed E-state index contributed by atoms with van der Waals surface area (Å²) in [5.41, 5.74) is 13.5. The lowest BCUT2D eigenvalue weighted by Gasteiger charge is -2.34. The summed E-state index contributed by atoms with van der Waals surface area (Å²) in [5, 5.41) is 6.56. The Bertz CT molecular complexity index is 3000. The second-order valence-electron chi connectivity index (χ2n) is 14.9. The van der Waals surface area contributed by atoms with Gasteiger partial charge in [0.25, 0.3) is 0 Å². The van der Waals surface area contributed by atoms with Crippen LogP contribution in [0.25, 0.3) is 49.7 Å². The summed E-state index contributed by atoms with van der Waals surface area (Å²) in [6.07, 6.45) is 0. The monoisotopic (exact) mass is 743 g/mol. The minimum atomic E-state index is -0.867. The second-order valence-corrected chi connectivity index (χ2v) is 17.1. The molecule has 0 bridgehead atoms. The van der Waals surface area contributed by atoms with Crippen molar-refractivity contribution in [2.24, 2.45) is 0 Å². The lowest BCUT2D eigenvalue weighted by atomic mass is 9.68. The Morgan fingerprint density at radius 2 is 0.860 bits per heavy atom. The van der Waals surface area contributed by atoms with Crippen molar-refractivity contribution in [1.29, 1.82) is 0 Å². The summed E-state index contributed by atoms with van der Waals surface area (Å²) < 4.78 is 2.38. The highest BCUT2D eigenvalue weighted by Crippen LogP contribution is 2.56. The summed E-state index contributed by atoms with van der Waals surface area (Å²) in [6.45, 7) is 0. The van der Waals surface area contributed by atoms with Gasteiger partial charge in [0.15, 0.2) is 0 Å². The SMILES string of the molecule is c1ccc(-n2c3ccccc3c3cc(-c4ccc(P(c5ccccc5)c5ccc6c(c5)C(c5ccccc5)(c5ccccc5)c5ccccc5-6)cc4)ccc32)cc1. The largest absolute Gasteiger partial charge is 0.309 e. The molecule has 11 rings (SSSR count). The van der Waals surface area contributed by atoms with Crippen LogP contribution < -0.4 is 15.9 Å². The van der Waals surface area contributed by atoms with Gasteiger partial charge < -0.3 is 4.57 Å². The van der Waals surface area contributed by atoms with Gasteiger partial charge in [-0.25, -0.2) is 0 Å². The van der Waals surface area contributed by atoms with Crippen LogP contribution in [0.1, 0.15) is 22.3 Å². The third-order valence-electron chi connectivity index (χ3n) is 11.9. The molecule has 0 spiro atoms. The maximum Gasteiger partial charge on any atom is 0.0713 e. The quantitative estimate of drug-likeness (QED) is 0.143. The van der Waals surface area contributed by atoms with Crippen molar-refractivity contribution in [2.75, 3.05) is 0 Å². The summed E-state index contributed by atoms with van der Waals surface area (Å²) in [4.78, 5) is 0. The molecule has 1 aliphatic rings. The van der Waals surface area contributed by atoms with Gasteiger partial charge in [0.2, 0.25) is 0 Å². The van der Waals surface area contributed by atoms with Crippen LogP contribution in [0.4, 0.5) is 0 Å². The van der Waals surface area contributed by atoms with E-state index in [0.717, 1.165) is 0 Å². The molecule has 9 aromatic carbocycles. The first kappa shape index (κ1) is 33.5. The molecule has 0 amide bonds. The molecule has 10 aromatic rings. The summed E-state index contributed by atoms with van der Waals surface area (Å²) in [5.74, 6) is 0. The van der Waals surface area contributed by atoms with Gasteiger partial charge >= 0.3 is 0 Å². The number of aromatic nitrogens is 1. The summed E-state index contributed by atoms with van der Waals surface area (Å²) in [6, 6.07) is 85.4. The third kappa shape index (κ3) is 5.35. The van der Waals surface area contributed by atoms with Crippen molar-refractivity contribution in [2.45, 2.75) is 5.41 Å². The van der Waals surface area contributed by atoms with Crippen LogP contribution in [0, 0.1) is 0 Å². The van der Waals surface area contributed by atoms with Crippen molar-refractivity contribution >= 4 is 45.6 Å². The van der Waals surface area contributed by atoms with Gasteiger partial charge in [-0.2, -0.15) is 0 Å². The van der Waals surface area contributed by atoms with Crippen LogP contribution in [0.2, 0.25) is 0 Å². The maximum absolute atomic E-state index is 2.54. The van der Waals surface area contributed by atoms with E-state index in [9.17, 15) is 0 Å². The van der Waals surface area contributed by atoms with Crippen LogP contribution in [-0.2, 0) is 5.41 Å². The van der Waals surface area contributed by atoms with E-state index >= 15 is 0 Å². The summed E-state index contributed by atoms with van der Waals surface area (Å²) >= 11 is 0. The van der Waals surface area contributed by atoms with Gasteiger partial charge in [-0.1, -0.05) is 194 Å². The number of hydrogen-bond acceptors (Lipinski definition) is 0. The fraction of sp³-hybridized carbons (Fsp3) is 0.0182. The number of fused-ring (bicyclic) bond motifs is 6. The van der Waals surface area contributed by atoms with Crippen LogP contribution in [0.5, 0.6) is 0 Å². The zero-order chi connectivity index (χ0) is 37.8. The Labute approximate surface area is 334 Å². The fourth-order valence-corrected chi connectivity index (χ4v) is 11.7. The van der Waals surface area contributed by atoms with Gasteiger partial charge in [0.1, 0.15) is 0 Å². The van der Waals surface area contributed by atoms with Gasteiger partial charge in [-0.15, -0.1) is 0 Å². The molecule has 0 saturated heterocycles. The van der Waals surface area contributed by atoms with Gasteiger partial charge in [-0.05, 0) is 105 Å². The molecule has 1 heterocycles. The van der Waals surface area contributed by atoms with Crippen molar-refractivity contribution in [1.82, 2.24) is 4.57 Å². The van der Waals surface area contributed by atoms with Crippen LogP contribution >= 0.6 is 7.92 Å². The topological polar surface area (TPSA) is 4.93 Å². The highest BCUT2D eigenvalue weighted by molar-refractivity contribution is 7.79. The van der Waals surface area contributed by atoms with Crippen molar-refractivity contribution in [3.63, 3.8) is 0 Å². The van der Waals surface area contributed by atoms with Crippen LogP contribution in [0.3, 0.4) is 0 Å². The Morgan fingerprint density at radius 1 is 0.333 bits per heavy atom. The van der Waals surface area contributed by atoms with E-state index in [0.29, 0.717) is 0 Å². The molecule has 0 radical (unpaired) electrons. The number of rotatable bonds is 7. The minimum absolute atomic E-state index is 0.436. The molecule has 268 valence electrons. The number of nitrogens with zero attached hydrogens (tertiary/aromatic N) is 1. The number of hydrogen-bond donors (Lipinski definition) is 0. The lowest BCUT2D eigenvalue weighted by molar-refractivity contribution is 0.769. The fourth-order valence-electron chi connectivity index (χ4n) is 9.41. The Morgan fingerprint density at radius 3 is 1.58 bits per heavy atom. The van der Waals surface area contributed by atoms with E-state index in [1.165, 1.54) is 87.9 Å². The Hall–Kier alpha value is -6.79. The zero-order valence-corrected chi connectivity index (χ0v) is 32.2. The van der Waals surface area contributed by atoms with Gasteiger partial charge in [0, 0.05) is 16.5 Å². The molecule has 57 heavy (non-hydrogen) atoms. The standard InChI is InChI=1S/C55H38NP/c1-5-17-41(18-6-1)55(42-19-7-2-8-20-42)51-27-15-13-25-47(51)48-35-34-46(38-52(48)55)57(44-23-11-4-12-24-44)45-32-29-39(30-33-45)40-31-36-54-50(37-40)49-26-14-16-28-53(49)56(54)43-21-9-3-10-22-43/h1-38H. The predicted molar refractivity (Wildman–Crippen MR) is 242 cm³/mol. The highest BCUT2D eigenvalue weighted by atomic mass is 31.1.